The fourth-order valence-electron chi connectivity index (χ4n) is 7.61. The Labute approximate surface area is 325 Å². The first-order valence-electron chi connectivity index (χ1n) is 20.1. The number of aliphatic hydroxyl groups is 1. The Morgan fingerprint density at radius 1 is 0.800 bits per heavy atom. The quantitative estimate of drug-likeness (QED) is 0.136. The summed E-state index contributed by atoms with van der Waals surface area (Å²) in [5.74, 6) is 0.156. The molecule has 3 heterocycles. The summed E-state index contributed by atoms with van der Waals surface area (Å²) in [7, 11) is 0. The van der Waals surface area contributed by atoms with Gasteiger partial charge in [-0.2, -0.15) is 0 Å². The van der Waals surface area contributed by atoms with Crippen molar-refractivity contribution in [3.63, 3.8) is 0 Å². The van der Waals surface area contributed by atoms with Crippen molar-refractivity contribution >= 4 is 12.1 Å². The second-order valence-electron chi connectivity index (χ2n) is 15.0. The average molecular weight is 772 g/mol. The molecule has 2 aromatic rings. The van der Waals surface area contributed by atoms with Gasteiger partial charge in [0.25, 0.3) is 0 Å². The highest BCUT2D eigenvalue weighted by Crippen LogP contribution is 2.40. The molecular formula is C42H61NO12. The molecule has 13 nitrogen and oxygen atoms in total. The Bertz CT molecular complexity index is 1490. The van der Waals surface area contributed by atoms with E-state index in [-0.39, 0.29) is 48.3 Å². The number of aromatic hydroxyl groups is 1. The summed E-state index contributed by atoms with van der Waals surface area (Å²) >= 11 is 0. The third-order valence-corrected chi connectivity index (χ3v) is 10.1. The Morgan fingerprint density at radius 3 is 2.00 bits per heavy atom. The van der Waals surface area contributed by atoms with Crippen molar-refractivity contribution in [2.45, 2.75) is 173 Å². The molecule has 1 amide bonds. The highest BCUT2D eigenvalue weighted by molar-refractivity contribution is 5.70. The topological polar surface area (TPSA) is 160 Å². The van der Waals surface area contributed by atoms with Crippen molar-refractivity contribution in [2.75, 3.05) is 6.54 Å². The summed E-state index contributed by atoms with van der Waals surface area (Å²) in [5, 5.41) is 23.9. The summed E-state index contributed by atoms with van der Waals surface area (Å²) in [6.07, 6.45) is 2.44. The number of carbonyl (C=O) groups is 2. The lowest BCUT2D eigenvalue weighted by Crippen LogP contribution is -2.44. The Hall–Kier alpha value is -3.30. The van der Waals surface area contributed by atoms with Gasteiger partial charge in [0.1, 0.15) is 17.6 Å². The molecule has 13 heteroatoms. The van der Waals surface area contributed by atoms with E-state index in [1.165, 1.54) is 6.92 Å². The van der Waals surface area contributed by atoms with Crippen LogP contribution in [0.1, 0.15) is 129 Å². The molecule has 0 bridgehead atoms. The van der Waals surface area contributed by atoms with Crippen molar-refractivity contribution in [3.05, 3.63) is 59.7 Å². The largest absolute Gasteiger partial charge is 0.508 e. The summed E-state index contributed by atoms with van der Waals surface area (Å²) in [6.45, 7) is 9.81. The van der Waals surface area contributed by atoms with Crippen LogP contribution in [-0.2, 0) is 38.0 Å². The first-order valence-corrected chi connectivity index (χ1v) is 20.1. The molecule has 2 aromatic carbocycles. The highest BCUT2D eigenvalue weighted by atomic mass is 16.7. The van der Waals surface area contributed by atoms with Crippen LogP contribution in [0.15, 0.2) is 48.5 Å². The van der Waals surface area contributed by atoms with Crippen LogP contribution >= 0.6 is 0 Å². The zero-order valence-electron chi connectivity index (χ0n) is 32.9. The van der Waals surface area contributed by atoms with Gasteiger partial charge in [-0.05, 0) is 56.9 Å². The van der Waals surface area contributed by atoms with E-state index in [9.17, 15) is 19.8 Å². The molecular weight excluding hydrogens is 710 g/mol. The number of esters is 1. The van der Waals surface area contributed by atoms with E-state index < -0.39 is 37.2 Å². The van der Waals surface area contributed by atoms with E-state index in [1.807, 2.05) is 25.1 Å². The Balaban J connectivity index is 1.28. The summed E-state index contributed by atoms with van der Waals surface area (Å²) in [4.78, 5) is 23.6. The monoisotopic (exact) mass is 771 g/mol. The molecule has 11 atom stereocenters. The Morgan fingerprint density at radius 2 is 1.38 bits per heavy atom. The van der Waals surface area contributed by atoms with Crippen LogP contribution in [0, 0.1) is 0 Å². The molecule has 5 rings (SSSR count). The van der Waals surface area contributed by atoms with Gasteiger partial charge in [-0.25, -0.2) is 4.79 Å². The SMILES string of the molecule is CCCNC(=O)Oc1cccc(C2OC(CC)CC(CC3CC(CC4CC(CC(O)CC(C)OC(C)=O)OC(CCC)O4)OC(c4cccc(O)c4)O3)O2)c1. The smallest absolute Gasteiger partial charge is 0.412 e. The van der Waals surface area contributed by atoms with E-state index in [0.717, 1.165) is 31.2 Å². The summed E-state index contributed by atoms with van der Waals surface area (Å²) < 4.78 is 49.6. The molecule has 3 fully saturated rings. The lowest BCUT2D eigenvalue weighted by Gasteiger charge is -2.42. The lowest BCUT2D eigenvalue weighted by molar-refractivity contribution is -0.288. The number of ether oxygens (including phenoxy) is 8. The maximum Gasteiger partial charge on any atom is 0.412 e. The molecule has 0 spiro atoms. The minimum absolute atomic E-state index is 0.0471. The van der Waals surface area contributed by atoms with Crippen LogP contribution in [-0.4, -0.2) is 83.9 Å². The van der Waals surface area contributed by atoms with E-state index in [2.05, 4.69) is 19.2 Å². The number of hydrogen-bond acceptors (Lipinski definition) is 12. The number of nitrogens with one attached hydrogen (secondary N) is 1. The van der Waals surface area contributed by atoms with Crippen LogP contribution in [0.2, 0.25) is 0 Å². The molecule has 0 saturated carbocycles. The maximum atomic E-state index is 12.2. The molecule has 0 aromatic heterocycles. The van der Waals surface area contributed by atoms with E-state index in [0.29, 0.717) is 62.8 Å². The van der Waals surface area contributed by atoms with E-state index in [4.69, 9.17) is 37.9 Å². The average Bonchev–Trinajstić information content (AvgIpc) is 3.13. The molecule has 3 saturated heterocycles. The second-order valence-corrected chi connectivity index (χ2v) is 15.0. The number of phenolic OH excluding ortho intramolecular Hbond substituents is 1. The number of benzene rings is 2. The number of carbonyl (C=O) groups excluding carboxylic acids is 2. The lowest BCUT2D eigenvalue weighted by atomic mass is 9.93. The molecule has 3 aliphatic heterocycles. The first kappa shape index (κ1) is 42.8. The molecule has 306 valence electrons. The normalized spacial score (nSPS) is 29.5. The molecule has 0 radical (unpaired) electrons. The van der Waals surface area contributed by atoms with Gasteiger partial charge in [-0.15, -0.1) is 0 Å². The first-order chi connectivity index (χ1) is 26.5. The van der Waals surface area contributed by atoms with Crippen LogP contribution in [0.4, 0.5) is 4.79 Å². The molecule has 3 aliphatic rings. The summed E-state index contributed by atoms with van der Waals surface area (Å²) in [5.41, 5.74) is 1.47. The maximum absolute atomic E-state index is 12.2. The fraction of sp³-hybridized carbons (Fsp3) is 0.667. The highest BCUT2D eigenvalue weighted by Gasteiger charge is 2.40. The zero-order chi connectivity index (χ0) is 39.3. The zero-order valence-corrected chi connectivity index (χ0v) is 32.9. The number of phenols is 1. The van der Waals surface area contributed by atoms with Crippen LogP contribution in [0.3, 0.4) is 0 Å². The fourth-order valence-corrected chi connectivity index (χ4v) is 7.61. The van der Waals surface area contributed by atoms with Gasteiger partial charge >= 0.3 is 12.1 Å². The van der Waals surface area contributed by atoms with Crippen molar-refractivity contribution in [1.82, 2.24) is 5.32 Å². The van der Waals surface area contributed by atoms with Crippen LogP contribution in [0.5, 0.6) is 11.5 Å². The van der Waals surface area contributed by atoms with Gasteiger partial charge in [0, 0.05) is 63.1 Å². The number of amides is 1. The molecule has 11 unspecified atom stereocenters. The third-order valence-electron chi connectivity index (χ3n) is 10.1. The van der Waals surface area contributed by atoms with Gasteiger partial charge in [-0.1, -0.05) is 51.5 Å². The number of rotatable bonds is 17. The third kappa shape index (κ3) is 13.7. The van der Waals surface area contributed by atoms with Gasteiger partial charge in [0.05, 0.1) is 42.7 Å². The number of hydrogen-bond donors (Lipinski definition) is 3. The number of aliphatic hydroxyl groups excluding tert-OH is 1. The predicted molar refractivity (Wildman–Crippen MR) is 202 cm³/mol. The molecule has 55 heavy (non-hydrogen) atoms. The minimum atomic E-state index is -0.715. The predicted octanol–water partition coefficient (Wildman–Crippen LogP) is 7.52. The van der Waals surface area contributed by atoms with Gasteiger partial charge in [0.2, 0.25) is 0 Å². The van der Waals surface area contributed by atoms with Crippen molar-refractivity contribution in [3.8, 4) is 11.5 Å². The van der Waals surface area contributed by atoms with E-state index in [1.54, 1.807) is 37.3 Å². The minimum Gasteiger partial charge on any atom is -0.508 e. The van der Waals surface area contributed by atoms with Gasteiger partial charge in [-0.3, -0.25) is 4.79 Å². The van der Waals surface area contributed by atoms with E-state index >= 15 is 0 Å². The van der Waals surface area contributed by atoms with Gasteiger partial charge in [0.15, 0.2) is 18.9 Å². The van der Waals surface area contributed by atoms with Crippen molar-refractivity contribution < 1.29 is 57.7 Å². The Kier molecular flexibility index (Phi) is 16.6. The molecule has 0 aliphatic carbocycles. The second kappa shape index (κ2) is 21.3. The molecule has 3 N–H and O–H groups in total. The van der Waals surface area contributed by atoms with Crippen molar-refractivity contribution in [1.29, 1.82) is 0 Å². The van der Waals surface area contributed by atoms with Gasteiger partial charge < -0.3 is 53.4 Å². The standard InChI is InChI=1S/C42H61NO12/c1-6-11-39-49-34(20-31(46)17-26(4)48-27(5)44)22-35(50-39)23-37-25-38(54-40(53-37)28-12-9-14-30(45)18-28)24-36-21-32(8-3)51-41(52-36)29-13-10-15-33(19-29)55-42(47)43-16-7-2/h9-10,12-15,18-19,26,31-32,34-41,45-46H,6-8,11,16-17,20-25H2,1-5H3,(H,43,47). The van der Waals surface area contributed by atoms with Crippen LogP contribution < -0.4 is 10.1 Å². The van der Waals surface area contributed by atoms with Crippen LogP contribution in [0.25, 0.3) is 0 Å². The van der Waals surface area contributed by atoms with Crippen molar-refractivity contribution in [2.24, 2.45) is 0 Å². The summed E-state index contributed by atoms with van der Waals surface area (Å²) in [6, 6.07) is 14.2.